The Bertz CT molecular complexity index is 187. The van der Waals surface area contributed by atoms with E-state index >= 15 is 0 Å². The van der Waals surface area contributed by atoms with Crippen molar-refractivity contribution in [2.75, 3.05) is 6.61 Å². The molecular weight excluding hydrogens is 210 g/mol. The molecule has 0 amide bonds. The van der Waals surface area contributed by atoms with Gasteiger partial charge in [0.1, 0.15) is 0 Å². The zero-order valence-electron chi connectivity index (χ0n) is 12.0. The van der Waals surface area contributed by atoms with Crippen LogP contribution in [0, 0.1) is 11.8 Å². The molecule has 0 heterocycles. The van der Waals surface area contributed by atoms with E-state index in [4.69, 9.17) is 10.5 Å². The second kappa shape index (κ2) is 8.10. The molecule has 2 N–H and O–H groups in total. The third kappa shape index (κ3) is 5.39. The molecule has 1 fully saturated rings. The van der Waals surface area contributed by atoms with Crippen molar-refractivity contribution in [3.8, 4) is 0 Å². The van der Waals surface area contributed by atoms with E-state index in [0.29, 0.717) is 12.0 Å². The smallest absolute Gasteiger partial charge is 0.0753 e. The summed E-state index contributed by atoms with van der Waals surface area (Å²) in [5.41, 5.74) is 6.36. The van der Waals surface area contributed by atoms with Crippen molar-refractivity contribution in [3.63, 3.8) is 0 Å². The Balaban J connectivity index is 2.44. The molecule has 1 aliphatic carbocycles. The predicted molar refractivity (Wildman–Crippen MR) is 74.0 cm³/mol. The third-order valence-electron chi connectivity index (χ3n) is 3.97. The number of hydrogen-bond donors (Lipinski definition) is 1. The van der Waals surface area contributed by atoms with Gasteiger partial charge in [-0.2, -0.15) is 0 Å². The van der Waals surface area contributed by atoms with E-state index in [1.54, 1.807) is 0 Å². The Kier molecular flexibility index (Phi) is 7.14. The van der Waals surface area contributed by atoms with Gasteiger partial charge in [0, 0.05) is 12.6 Å². The normalized spacial score (nSPS) is 21.7. The molecule has 1 aliphatic rings. The van der Waals surface area contributed by atoms with Crippen molar-refractivity contribution in [2.24, 2.45) is 17.6 Å². The second-order valence-corrected chi connectivity index (χ2v) is 5.95. The van der Waals surface area contributed by atoms with Crippen molar-refractivity contribution in [1.29, 1.82) is 0 Å². The molecule has 17 heavy (non-hydrogen) atoms. The molecule has 0 aromatic rings. The highest BCUT2D eigenvalue weighted by molar-refractivity contribution is 4.83. The zero-order valence-corrected chi connectivity index (χ0v) is 12.0. The largest absolute Gasteiger partial charge is 0.377 e. The van der Waals surface area contributed by atoms with Gasteiger partial charge in [0.2, 0.25) is 0 Å². The monoisotopic (exact) mass is 241 g/mol. The topological polar surface area (TPSA) is 35.2 Å². The summed E-state index contributed by atoms with van der Waals surface area (Å²) in [6, 6.07) is 0.237. The fourth-order valence-corrected chi connectivity index (χ4v) is 2.95. The fraction of sp³-hybridized carbons (Fsp3) is 1.00. The minimum atomic E-state index is 0.237. The van der Waals surface area contributed by atoms with Crippen LogP contribution < -0.4 is 5.73 Å². The lowest BCUT2D eigenvalue weighted by atomic mass is 9.81. The lowest BCUT2D eigenvalue weighted by Crippen LogP contribution is -2.43. The van der Waals surface area contributed by atoms with E-state index < -0.39 is 0 Å². The summed E-state index contributed by atoms with van der Waals surface area (Å²) in [6.45, 7) is 7.42. The van der Waals surface area contributed by atoms with Gasteiger partial charge < -0.3 is 10.5 Å². The zero-order chi connectivity index (χ0) is 12.7. The molecule has 2 unspecified atom stereocenters. The minimum absolute atomic E-state index is 0.237. The molecule has 2 nitrogen and oxygen atoms in total. The number of ether oxygens (including phenoxy) is 1. The molecular formula is C15H31NO. The van der Waals surface area contributed by atoms with Crippen LogP contribution in [0.4, 0.5) is 0 Å². The van der Waals surface area contributed by atoms with Crippen LogP contribution in [0.5, 0.6) is 0 Å². The summed E-state index contributed by atoms with van der Waals surface area (Å²) in [6.07, 6.45) is 9.41. The van der Waals surface area contributed by atoms with Gasteiger partial charge in [0.05, 0.1) is 6.10 Å². The average Bonchev–Trinajstić information content (AvgIpc) is 2.34. The van der Waals surface area contributed by atoms with Crippen molar-refractivity contribution < 1.29 is 4.74 Å². The van der Waals surface area contributed by atoms with Gasteiger partial charge in [-0.15, -0.1) is 0 Å². The average molecular weight is 241 g/mol. The maximum Gasteiger partial charge on any atom is 0.0753 e. The Morgan fingerprint density at radius 1 is 1.12 bits per heavy atom. The Labute approximate surface area is 107 Å². The first-order valence-corrected chi connectivity index (χ1v) is 7.52. The summed E-state index contributed by atoms with van der Waals surface area (Å²) in [5, 5.41) is 0. The van der Waals surface area contributed by atoms with Crippen LogP contribution >= 0.6 is 0 Å². The van der Waals surface area contributed by atoms with Gasteiger partial charge in [-0.25, -0.2) is 0 Å². The first-order chi connectivity index (χ1) is 8.15. The summed E-state index contributed by atoms with van der Waals surface area (Å²) in [5.74, 6) is 1.46. The van der Waals surface area contributed by atoms with Crippen LogP contribution in [0.1, 0.15) is 65.7 Å². The van der Waals surface area contributed by atoms with Crippen LogP contribution in [0.25, 0.3) is 0 Å². The van der Waals surface area contributed by atoms with E-state index in [9.17, 15) is 0 Å². The van der Waals surface area contributed by atoms with Gasteiger partial charge in [0.15, 0.2) is 0 Å². The van der Waals surface area contributed by atoms with E-state index in [1.165, 1.54) is 38.5 Å². The van der Waals surface area contributed by atoms with Crippen LogP contribution in [0.15, 0.2) is 0 Å². The molecule has 0 saturated heterocycles. The van der Waals surface area contributed by atoms with Crippen molar-refractivity contribution in [1.82, 2.24) is 0 Å². The van der Waals surface area contributed by atoms with E-state index in [0.717, 1.165) is 18.9 Å². The molecule has 0 radical (unpaired) electrons. The van der Waals surface area contributed by atoms with E-state index in [2.05, 4.69) is 20.8 Å². The maximum atomic E-state index is 6.36. The molecule has 0 aromatic heterocycles. The van der Waals surface area contributed by atoms with Crippen LogP contribution in [-0.2, 0) is 4.74 Å². The molecule has 1 saturated carbocycles. The van der Waals surface area contributed by atoms with E-state index in [-0.39, 0.29) is 6.04 Å². The Morgan fingerprint density at radius 3 is 2.29 bits per heavy atom. The number of hydrogen-bond acceptors (Lipinski definition) is 2. The quantitative estimate of drug-likeness (QED) is 0.737. The minimum Gasteiger partial charge on any atom is -0.377 e. The molecule has 0 bridgehead atoms. The van der Waals surface area contributed by atoms with Gasteiger partial charge in [-0.1, -0.05) is 33.1 Å². The number of nitrogens with two attached hydrogens (primary N) is 1. The standard InChI is InChI=1S/C15H31NO/c1-4-17-15(13-8-6-5-7-9-13)14(16)11-10-12(2)3/h12-15H,4-11,16H2,1-3H3. The molecule has 102 valence electrons. The number of rotatable bonds is 7. The Morgan fingerprint density at radius 2 is 1.76 bits per heavy atom. The third-order valence-corrected chi connectivity index (χ3v) is 3.97. The van der Waals surface area contributed by atoms with Gasteiger partial charge in [-0.05, 0) is 44.4 Å². The van der Waals surface area contributed by atoms with Crippen molar-refractivity contribution >= 4 is 0 Å². The highest BCUT2D eigenvalue weighted by Gasteiger charge is 2.28. The van der Waals surface area contributed by atoms with E-state index in [1.807, 2.05) is 0 Å². The van der Waals surface area contributed by atoms with Crippen LogP contribution in [-0.4, -0.2) is 18.8 Å². The SMILES string of the molecule is CCOC(C(N)CCC(C)C)C1CCCCC1. The summed E-state index contributed by atoms with van der Waals surface area (Å²) in [4.78, 5) is 0. The molecule has 2 heteroatoms. The first kappa shape index (κ1) is 15.0. The highest BCUT2D eigenvalue weighted by Crippen LogP contribution is 2.30. The molecule has 0 spiro atoms. The van der Waals surface area contributed by atoms with Crippen molar-refractivity contribution in [3.05, 3.63) is 0 Å². The summed E-state index contributed by atoms with van der Waals surface area (Å²) in [7, 11) is 0. The van der Waals surface area contributed by atoms with Gasteiger partial charge in [-0.3, -0.25) is 0 Å². The highest BCUT2D eigenvalue weighted by atomic mass is 16.5. The fourth-order valence-electron chi connectivity index (χ4n) is 2.95. The van der Waals surface area contributed by atoms with Crippen LogP contribution in [0.2, 0.25) is 0 Å². The molecule has 0 aliphatic heterocycles. The van der Waals surface area contributed by atoms with Crippen LogP contribution in [0.3, 0.4) is 0 Å². The first-order valence-electron chi connectivity index (χ1n) is 7.52. The van der Waals surface area contributed by atoms with Gasteiger partial charge >= 0.3 is 0 Å². The lowest BCUT2D eigenvalue weighted by Gasteiger charge is -2.34. The molecule has 2 atom stereocenters. The summed E-state index contributed by atoms with van der Waals surface area (Å²) < 4.78 is 5.95. The maximum absolute atomic E-state index is 6.36. The molecule has 1 rings (SSSR count). The van der Waals surface area contributed by atoms with Gasteiger partial charge in [0.25, 0.3) is 0 Å². The predicted octanol–water partition coefficient (Wildman–Crippen LogP) is 3.74. The van der Waals surface area contributed by atoms with Crippen molar-refractivity contribution in [2.45, 2.75) is 77.9 Å². The Hall–Kier alpha value is -0.0800. The summed E-state index contributed by atoms with van der Waals surface area (Å²) >= 11 is 0. The second-order valence-electron chi connectivity index (χ2n) is 5.95. The lowest BCUT2D eigenvalue weighted by molar-refractivity contribution is -0.0117. The molecule has 0 aromatic carbocycles.